The molecule has 0 aliphatic heterocycles. The second-order valence-electron chi connectivity index (χ2n) is 8.11. The lowest BCUT2D eigenvalue weighted by Gasteiger charge is -2.22. The number of rotatable bonds is 11. The van der Waals surface area contributed by atoms with Crippen molar-refractivity contribution in [3.05, 3.63) is 58.9 Å². The van der Waals surface area contributed by atoms with Gasteiger partial charge in [-0.25, -0.2) is 4.39 Å². The molecule has 0 saturated carbocycles. The Kier molecular flexibility index (Phi) is 9.79. The number of hydrogen-bond acceptors (Lipinski definition) is 5. The summed E-state index contributed by atoms with van der Waals surface area (Å²) in [6.45, 7) is 8.07. The summed E-state index contributed by atoms with van der Waals surface area (Å²) in [7, 11) is 1.60. The molecule has 0 spiro atoms. The van der Waals surface area contributed by atoms with Crippen molar-refractivity contribution in [2.24, 2.45) is 0 Å². The molecule has 1 unspecified atom stereocenters. The number of aryl methyl sites for hydroxylation is 1. The summed E-state index contributed by atoms with van der Waals surface area (Å²) in [4.78, 5) is 23.6. The minimum Gasteiger partial charge on any atom is -0.496 e. The zero-order valence-electron chi connectivity index (χ0n) is 20.0. The van der Waals surface area contributed by atoms with E-state index in [2.05, 4.69) is 19.9 Å². The number of carbonyl (C=O) groups excluding carboxylic acids is 2. The lowest BCUT2D eigenvalue weighted by Crippen LogP contribution is -2.16. The van der Waals surface area contributed by atoms with E-state index in [9.17, 15) is 19.1 Å². The number of esters is 1. The first kappa shape index (κ1) is 26.3. The van der Waals surface area contributed by atoms with Crippen molar-refractivity contribution in [1.29, 1.82) is 0 Å². The number of aliphatic hydroxyl groups is 1. The summed E-state index contributed by atoms with van der Waals surface area (Å²) in [6.07, 6.45) is 2.45. The molecule has 2 rings (SSSR count). The Bertz CT molecular complexity index is 993. The van der Waals surface area contributed by atoms with E-state index in [-0.39, 0.29) is 31.2 Å². The summed E-state index contributed by atoms with van der Waals surface area (Å²) >= 11 is 0. The Morgan fingerprint density at radius 1 is 1.15 bits per heavy atom. The molecule has 5 nitrogen and oxygen atoms in total. The fourth-order valence-electron chi connectivity index (χ4n) is 3.77. The molecule has 2 aromatic rings. The van der Waals surface area contributed by atoms with Crippen molar-refractivity contribution < 1.29 is 28.6 Å². The van der Waals surface area contributed by atoms with Crippen molar-refractivity contribution in [3.8, 4) is 16.9 Å². The van der Waals surface area contributed by atoms with Gasteiger partial charge in [0.2, 0.25) is 0 Å². The van der Waals surface area contributed by atoms with Gasteiger partial charge in [-0.15, -0.1) is 0 Å². The fraction of sp³-hybridized carbons (Fsp3) is 0.407. The number of halogens is 1. The fourth-order valence-corrected chi connectivity index (χ4v) is 3.77. The van der Waals surface area contributed by atoms with Crippen LogP contribution in [-0.4, -0.2) is 36.7 Å². The van der Waals surface area contributed by atoms with E-state index >= 15 is 0 Å². The molecule has 0 amide bonds. The molecular formula is C27H33FO5. The molecule has 0 radical (unpaired) electrons. The highest BCUT2D eigenvalue weighted by Crippen LogP contribution is 2.41. The van der Waals surface area contributed by atoms with Gasteiger partial charge in [0.25, 0.3) is 0 Å². The van der Waals surface area contributed by atoms with Gasteiger partial charge in [0.15, 0.2) is 0 Å². The Morgan fingerprint density at radius 2 is 1.82 bits per heavy atom. The minimum absolute atomic E-state index is 0.169. The molecule has 6 heteroatoms. The molecule has 0 aromatic heterocycles. The molecule has 33 heavy (non-hydrogen) atoms. The first-order chi connectivity index (χ1) is 15.7. The zero-order chi connectivity index (χ0) is 24.5. The van der Waals surface area contributed by atoms with Crippen molar-refractivity contribution in [3.63, 3.8) is 0 Å². The van der Waals surface area contributed by atoms with Crippen LogP contribution in [0, 0.1) is 5.82 Å². The Labute approximate surface area is 195 Å². The average Bonchev–Trinajstić information content (AvgIpc) is 2.76. The van der Waals surface area contributed by atoms with Gasteiger partial charge in [-0.1, -0.05) is 51.1 Å². The van der Waals surface area contributed by atoms with E-state index in [4.69, 9.17) is 9.47 Å². The predicted molar refractivity (Wildman–Crippen MR) is 128 cm³/mol. The number of ether oxygens (including phenoxy) is 2. The highest BCUT2D eigenvalue weighted by Gasteiger charge is 2.20. The lowest BCUT2D eigenvalue weighted by molar-refractivity contribution is -0.145. The molecule has 0 bridgehead atoms. The average molecular weight is 457 g/mol. The van der Waals surface area contributed by atoms with Crippen molar-refractivity contribution in [1.82, 2.24) is 0 Å². The smallest absolute Gasteiger partial charge is 0.313 e. The summed E-state index contributed by atoms with van der Waals surface area (Å²) in [5.41, 5.74) is 4.51. The lowest BCUT2D eigenvalue weighted by atomic mass is 9.86. The third-order valence-electron chi connectivity index (χ3n) is 5.34. The van der Waals surface area contributed by atoms with Crippen LogP contribution in [-0.2, 0) is 20.7 Å². The second kappa shape index (κ2) is 12.3. The van der Waals surface area contributed by atoms with Crippen LogP contribution in [0.25, 0.3) is 17.2 Å². The number of aliphatic hydroxyl groups excluding tert-OH is 1. The Morgan fingerprint density at radius 3 is 2.36 bits per heavy atom. The predicted octanol–water partition coefficient (Wildman–Crippen LogP) is 5.47. The minimum atomic E-state index is -1.06. The van der Waals surface area contributed by atoms with Crippen molar-refractivity contribution in [2.75, 3.05) is 13.7 Å². The molecule has 0 aliphatic rings. The molecule has 2 aromatic carbocycles. The monoisotopic (exact) mass is 456 g/mol. The van der Waals surface area contributed by atoms with E-state index in [1.54, 1.807) is 38.3 Å². The molecule has 0 saturated heterocycles. The summed E-state index contributed by atoms with van der Waals surface area (Å²) in [5, 5.41) is 10.4. The maximum Gasteiger partial charge on any atom is 0.313 e. The maximum absolute atomic E-state index is 13.6. The van der Waals surface area contributed by atoms with Crippen molar-refractivity contribution in [2.45, 2.75) is 59.0 Å². The van der Waals surface area contributed by atoms with E-state index in [1.807, 2.05) is 6.92 Å². The SMILES string of the molecule is CCOC(=O)CC(=O)CC(O)/C=C/c1c(C(C)C)cc(CC)c(OC)c1-c1ccc(F)cc1. The van der Waals surface area contributed by atoms with Crippen LogP contribution in [0.15, 0.2) is 36.4 Å². The highest BCUT2D eigenvalue weighted by molar-refractivity contribution is 5.96. The van der Waals surface area contributed by atoms with Crippen LogP contribution in [0.3, 0.4) is 0 Å². The first-order valence-electron chi connectivity index (χ1n) is 11.2. The molecule has 0 heterocycles. The highest BCUT2D eigenvalue weighted by atomic mass is 19.1. The normalized spacial score (nSPS) is 12.2. The van der Waals surface area contributed by atoms with Crippen LogP contribution in [0.2, 0.25) is 0 Å². The van der Waals surface area contributed by atoms with Crippen LogP contribution in [0.4, 0.5) is 4.39 Å². The van der Waals surface area contributed by atoms with Gasteiger partial charge in [-0.2, -0.15) is 0 Å². The van der Waals surface area contributed by atoms with E-state index in [0.717, 1.165) is 34.2 Å². The third-order valence-corrected chi connectivity index (χ3v) is 5.34. The standard InChI is InChI=1S/C27H33FO5/c1-6-18-14-24(17(3)4)23(13-12-21(29)15-22(30)16-25(31)33-7-2)26(27(18)32-5)19-8-10-20(28)11-9-19/h8-14,17,21,29H,6-7,15-16H2,1-5H3/b13-12+. The topological polar surface area (TPSA) is 72.8 Å². The maximum atomic E-state index is 13.6. The number of ketones is 1. The van der Waals surface area contributed by atoms with Crippen LogP contribution < -0.4 is 4.74 Å². The van der Waals surface area contributed by atoms with Crippen LogP contribution >= 0.6 is 0 Å². The quantitative estimate of drug-likeness (QED) is 0.358. The van der Waals surface area contributed by atoms with Crippen LogP contribution in [0.1, 0.15) is 63.1 Å². The van der Waals surface area contributed by atoms with Gasteiger partial charge in [-0.05, 0) is 53.6 Å². The van der Waals surface area contributed by atoms with Crippen molar-refractivity contribution >= 4 is 17.8 Å². The summed E-state index contributed by atoms with van der Waals surface area (Å²) in [6, 6.07) is 8.30. The molecule has 0 aliphatic carbocycles. The van der Waals surface area contributed by atoms with Gasteiger partial charge < -0.3 is 14.6 Å². The zero-order valence-corrected chi connectivity index (χ0v) is 20.0. The molecule has 0 fully saturated rings. The largest absolute Gasteiger partial charge is 0.496 e. The summed E-state index contributed by atoms with van der Waals surface area (Å²) in [5.74, 6) is -0.462. The number of carbonyl (C=O) groups is 2. The summed E-state index contributed by atoms with van der Waals surface area (Å²) < 4.78 is 24.2. The number of hydrogen-bond donors (Lipinski definition) is 1. The van der Waals surface area contributed by atoms with E-state index in [1.165, 1.54) is 12.1 Å². The van der Waals surface area contributed by atoms with Gasteiger partial charge >= 0.3 is 5.97 Å². The van der Waals surface area contributed by atoms with Gasteiger partial charge in [-0.3, -0.25) is 9.59 Å². The van der Waals surface area contributed by atoms with E-state index in [0.29, 0.717) is 5.75 Å². The van der Waals surface area contributed by atoms with Gasteiger partial charge in [0.1, 0.15) is 23.8 Å². The Hall–Kier alpha value is -2.99. The second-order valence-corrected chi connectivity index (χ2v) is 8.11. The molecule has 1 N–H and O–H groups in total. The Balaban J connectivity index is 2.50. The van der Waals surface area contributed by atoms with Crippen LogP contribution in [0.5, 0.6) is 5.75 Å². The van der Waals surface area contributed by atoms with Gasteiger partial charge in [0.05, 0.1) is 19.8 Å². The van der Waals surface area contributed by atoms with Gasteiger partial charge in [0, 0.05) is 12.0 Å². The molecule has 1 atom stereocenters. The third kappa shape index (κ3) is 6.99. The number of benzene rings is 2. The molecular weight excluding hydrogens is 423 g/mol. The number of methoxy groups -OCH3 is 1. The molecule has 178 valence electrons. The first-order valence-corrected chi connectivity index (χ1v) is 11.2. The number of Topliss-reactive ketones (excluding diaryl/α,β-unsaturated/α-hetero) is 1. The van der Waals surface area contributed by atoms with E-state index < -0.39 is 17.9 Å².